The van der Waals surface area contributed by atoms with Crippen LogP contribution in [0.5, 0.6) is 0 Å². The molecule has 0 radical (unpaired) electrons. The SMILES string of the molecule is Cc1ccc(C(Cl)c2sccc2Br)cc1. The number of hydrogen-bond acceptors (Lipinski definition) is 1. The average molecular weight is 302 g/mol. The van der Waals surface area contributed by atoms with Crippen LogP contribution in [0, 0.1) is 6.92 Å². The van der Waals surface area contributed by atoms with E-state index in [2.05, 4.69) is 47.1 Å². The summed E-state index contributed by atoms with van der Waals surface area (Å²) in [5.74, 6) is 0. The van der Waals surface area contributed by atoms with Crippen LogP contribution in [0.25, 0.3) is 0 Å². The van der Waals surface area contributed by atoms with Crippen LogP contribution in [0.1, 0.15) is 21.4 Å². The molecule has 2 rings (SSSR count). The first kappa shape index (κ1) is 11.2. The minimum Gasteiger partial charge on any atom is -0.146 e. The zero-order chi connectivity index (χ0) is 10.8. The molecule has 0 spiro atoms. The van der Waals surface area contributed by atoms with Gasteiger partial charge in [0.05, 0.1) is 5.38 Å². The topological polar surface area (TPSA) is 0 Å². The number of aryl methyl sites for hydroxylation is 1. The second kappa shape index (κ2) is 4.69. The summed E-state index contributed by atoms with van der Waals surface area (Å²) in [4.78, 5) is 1.17. The van der Waals surface area contributed by atoms with Crippen molar-refractivity contribution in [2.24, 2.45) is 0 Å². The molecule has 1 aromatic carbocycles. The largest absolute Gasteiger partial charge is 0.146 e. The number of halogens is 2. The highest BCUT2D eigenvalue weighted by molar-refractivity contribution is 9.10. The Morgan fingerprint density at radius 3 is 2.40 bits per heavy atom. The molecule has 1 heterocycles. The number of thiophene rings is 1. The summed E-state index contributed by atoms with van der Waals surface area (Å²) in [7, 11) is 0. The molecule has 0 saturated carbocycles. The first-order valence-corrected chi connectivity index (χ1v) is 6.73. The van der Waals surface area contributed by atoms with E-state index in [0.717, 1.165) is 10.0 Å². The summed E-state index contributed by atoms with van der Waals surface area (Å²) in [6.07, 6.45) is 0. The second-order valence-corrected chi connectivity index (χ2v) is 5.64. The van der Waals surface area contributed by atoms with Gasteiger partial charge in [0.15, 0.2) is 0 Å². The van der Waals surface area contributed by atoms with Gasteiger partial charge in [-0.15, -0.1) is 22.9 Å². The van der Waals surface area contributed by atoms with Crippen molar-refractivity contribution in [2.75, 3.05) is 0 Å². The highest BCUT2D eigenvalue weighted by Crippen LogP contribution is 2.37. The molecule has 0 aliphatic heterocycles. The van der Waals surface area contributed by atoms with E-state index in [-0.39, 0.29) is 5.38 Å². The molecule has 1 aromatic heterocycles. The molecular formula is C12H10BrClS. The van der Waals surface area contributed by atoms with E-state index in [4.69, 9.17) is 11.6 Å². The number of benzene rings is 1. The maximum atomic E-state index is 6.41. The van der Waals surface area contributed by atoms with Crippen LogP contribution < -0.4 is 0 Å². The van der Waals surface area contributed by atoms with Crippen LogP contribution in [-0.2, 0) is 0 Å². The predicted molar refractivity (Wildman–Crippen MR) is 70.9 cm³/mol. The lowest BCUT2D eigenvalue weighted by Gasteiger charge is -2.08. The van der Waals surface area contributed by atoms with E-state index < -0.39 is 0 Å². The lowest BCUT2D eigenvalue weighted by molar-refractivity contribution is 1.17. The van der Waals surface area contributed by atoms with E-state index in [1.807, 2.05) is 11.4 Å². The summed E-state index contributed by atoms with van der Waals surface area (Å²) in [5, 5.41) is 1.99. The molecule has 0 fully saturated rings. The summed E-state index contributed by atoms with van der Waals surface area (Å²) in [6, 6.07) is 10.4. The molecule has 1 atom stereocenters. The fourth-order valence-electron chi connectivity index (χ4n) is 1.37. The highest BCUT2D eigenvalue weighted by Gasteiger charge is 2.14. The molecule has 1 unspecified atom stereocenters. The Morgan fingerprint density at radius 2 is 1.87 bits per heavy atom. The van der Waals surface area contributed by atoms with Gasteiger partial charge in [-0.3, -0.25) is 0 Å². The van der Waals surface area contributed by atoms with Crippen molar-refractivity contribution in [3.63, 3.8) is 0 Å². The minimum atomic E-state index is -0.0556. The molecule has 0 amide bonds. The second-order valence-electron chi connectivity index (χ2n) is 3.41. The lowest BCUT2D eigenvalue weighted by Crippen LogP contribution is -1.90. The Morgan fingerprint density at radius 1 is 1.20 bits per heavy atom. The van der Waals surface area contributed by atoms with Crippen LogP contribution in [0.2, 0.25) is 0 Å². The summed E-state index contributed by atoms with van der Waals surface area (Å²) in [5.41, 5.74) is 2.40. The molecule has 0 saturated heterocycles. The Hall–Kier alpha value is -0.310. The smallest absolute Gasteiger partial charge is 0.0939 e. The van der Waals surface area contributed by atoms with E-state index in [9.17, 15) is 0 Å². The molecular weight excluding hydrogens is 292 g/mol. The predicted octanol–water partition coefficient (Wildman–Crippen LogP) is 5.15. The standard InChI is InChI=1S/C12H10BrClS/c1-8-2-4-9(5-3-8)11(14)12-10(13)6-7-15-12/h2-7,11H,1H3. The molecule has 2 aromatic rings. The normalized spacial score (nSPS) is 12.7. The van der Waals surface area contributed by atoms with Crippen molar-refractivity contribution in [3.05, 3.63) is 56.2 Å². The quantitative estimate of drug-likeness (QED) is 0.673. The fourth-order valence-corrected chi connectivity index (χ4v) is 3.53. The van der Waals surface area contributed by atoms with Gasteiger partial charge in [-0.1, -0.05) is 29.8 Å². The van der Waals surface area contributed by atoms with Crippen LogP contribution in [0.15, 0.2) is 40.2 Å². The maximum absolute atomic E-state index is 6.41. The molecule has 78 valence electrons. The number of hydrogen-bond donors (Lipinski definition) is 0. The monoisotopic (exact) mass is 300 g/mol. The van der Waals surface area contributed by atoms with E-state index >= 15 is 0 Å². The summed E-state index contributed by atoms with van der Waals surface area (Å²) in [6.45, 7) is 2.08. The lowest BCUT2D eigenvalue weighted by atomic mass is 10.1. The fraction of sp³-hybridized carbons (Fsp3) is 0.167. The molecule has 3 heteroatoms. The summed E-state index contributed by atoms with van der Waals surface area (Å²) < 4.78 is 1.09. The van der Waals surface area contributed by atoms with Gasteiger partial charge in [0, 0.05) is 9.35 Å². The van der Waals surface area contributed by atoms with Gasteiger partial charge in [0.1, 0.15) is 0 Å². The van der Waals surface area contributed by atoms with Crippen LogP contribution in [-0.4, -0.2) is 0 Å². The number of rotatable bonds is 2. The van der Waals surface area contributed by atoms with Crippen LogP contribution in [0.3, 0.4) is 0 Å². The average Bonchev–Trinajstić information content (AvgIpc) is 2.65. The van der Waals surface area contributed by atoms with Crippen molar-refractivity contribution in [2.45, 2.75) is 12.3 Å². The maximum Gasteiger partial charge on any atom is 0.0939 e. The molecule has 0 nitrogen and oxygen atoms in total. The van der Waals surface area contributed by atoms with Crippen molar-refractivity contribution >= 4 is 38.9 Å². The third kappa shape index (κ3) is 2.44. The third-order valence-corrected chi connectivity index (χ3v) is 4.78. The van der Waals surface area contributed by atoms with Crippen molar-refractivity contribution in [3.8, 4) is 0 Å². The highest BCUT2D eigenvalue weighted by atomic mass is 79.9. The molecule has 0 bridgehead atoms. The van der Waals surface area contributed by atoms with Crippen LogP contribution in [0.4, 0.5) is 0 Å². The molecule has 0 N–H and O–H groups in total. The van der Waals surface area contributed by atoms with Crippen molar-refractivity contribution < 1.29 is 0 Å². The van der Waals surface area contributed by atoms with Crippen LogP contribution >= 0.6 is 38.9 Å². The minimum absolute atomic E-state index is 0.0556. The van der Waals surface area contributed by atoms with Gasteiger partial charge in [-0.2, -0.15) is 0 Å². The first-order chi connectivity index (χ1) is 7.18. The van der Waals surface area contributed by atoms with Gasteiger partial charge in [-0.05, 0) is 39.9 Å². The first-order valence-electron chi connectivity index (χ1n) is 4.62. The van der Waals surface area contributed by atoms with Crippen molar-refractivity contribution in [1.82, 2.24) is 0 Å². The molecule has 0 aliphatic rings. The van der Waals surface area contributed by atoms with E-state index in [1.165, 1.54) is 10.4 Å². The number of alkyl halides is 1. The molecule has 0 aliphatic carbocycles. The zero-order valence-corrected chi connectivity index (χ0v) is 11.4. The Kier molecular flexibility index (Phi) is 3.49. The molecule has 15 heavy (non-hydrogen) atoms. The van der Waals surface area contributed by atoms with Gasteiger partial charge in [0.25, 0.3) is 0 Å². The zero-order valence-electron chi connectivity index (χ0n) is 8.21. The Labute approximate surface area is 107 Å². The van der Waals surface area contributed by atoms with Gasteiger partial charge >= 0.3 is 0 Å². The third-order valence-electron chi connectivity index (χ3n) is 2.24. The van der Waals surface area contributed by atoms with Crippen molar-refractivity contribution in [1.29, 1.82) is 0 Å². The van der Waals surface area contributed by atoms with Gasteiger partial charge in [-0.25, -0.2) is 0 Å². The van der Waals surface area contributed by atoms with E-state index in [1.54, 1.807) is 11.3 Å². The Balaban J connectivity index is 2.32. The summed E-state index contributed by atoms with van der Waals surface area (Å²) >= 11 is 11.6. The van der Waals surface area contributed by atoms with Gasteiger partial charge < -0.3 is 0 Å². The Bertz CT molecular complexity index is 447. The van der Waals surface area contributed by atoms with E-state index in [0.29, 0.717) is 0 Å². The van der Waals surface area contributed by atoms with Gasteiger partial charge in [0.2, 0.25) is 0 Å².